The Morgan fingerprint density at radius 1 is 0.794 bits per heavy atom. The second kappa shape index (κ2) is 9.19. The number of nitrogens with one attached hydrogen (secondary N) is 1. The van der Waals surface area contributed by atoms with E-state index in [2.05, 4.69) is 9.88 Å². The maximum absolute atomic E-state index is 13.5. The second-order valence-electron chi connectivity index (χ2n) is 8.43. The van der Waals surface area contributed by atoms with Crippen LogP contribution in [0.15, 0.2) is 83.7 Å². The van der Waals surface area contributed by atoms with Gasteiger partial charge >= 0.3 is 0 Å². The number of amides is 1. The fraction of sp³-hybridized carbons (Fsp3) is 0.185. The van der Waals surface area contributed by atoms with Crippen molar-refractivity contribution in [2.75, 3.05) is 26.2 Å². The molecule has 7 heteroatoms. The van der Waals surface area contributed by atoms with Gasteiger partial charge in [-0.3, -0.25) is 14.5 Å². The van der Waals surface area contributed by atoms with Crippen molar-refractivity contribution >= 4 is 16.8 Å². The zero-order valence-corrected chi connectivity index (χ0v) is 18.4. The third kappa shape index (κ3) is 4.34. The van der Waals surface area contributed by atoms with E-state index in [0.717, 1.165) is 16.5 Å². The average Bonchev–Trinajstić information content (AvgIpc) is 2.86. The molecule has 3 aromatic carbocycles. The molecule has 5 rings (SSSR count). The molecule has 0 saturated carbocycles. The van der Waals surface area contributed by atoms with Gasteiger partial charge in [-0.15, -0.1) is 0 Å². The minimum atomic E-state index is -0.401. The number of aromatic amines is 1. The van der Waals surface area contributed by atoms with Crippen LogP contribution in [0.4, 0.5) is 8.78 Å². The number of carbonyl (C=O) groups excluding carboxylic acids is 1. The molecule has 1 fully saturated rings. The molecule has 0 radical (unpaired) electrons. The van der Waals surface area contributed by atoms with Crippen molar-refractivity contribution in [3.63, 3.8) is 0 Å². The van der Waals surface area contributed by atoms with Gasteiger partial charge in [-0.05, 0) is 52.9 Å². The highest BCUT2D eigenvalue weighted by Gasteiger charge is 2.29. The first-order chi connectivity index (χ1) is 16.5. The molecule has 0 bridgehead atoms. The molecule has 1 saturated heterocycles. The van der Waals surface area contributed by atoms with Crippen molar-refractivity contribution in [3.05, 3.63) is 118 Å². The summed E-state index contributed by atoms with van der Waals surface area (Å²) in [6, 6.07) is 21.4. The predicted octanol–water partition coefficient (Wildman–Crippen LogP) is 4.35. The smallest absolute Gasteiger partial charge is 0.261 e. The van der Waals surface area contributed by atoms with E-state index in [1.807, 2.05) is 18.2 Å². The summed E-state index contributed by atoms with van der Waals surface area (Å²) in [4.78, 5) is 32.4. The number of piperazine rings is 1. The van der Waals surface area contributed by atoms with Crippen molar-refractivity contribution in [2.45, 2.75) is 6.04 Å². The highest BCUT2D eigenvalue weighted by Crippen LogP contribution is 2.30. The summed E-state index contributed by atoms with van der Waals surface area (Å²) < 4.78 is 27.1. The molecular formula is C27H23F2N3O2. The monoisotopic (exact) mass is 459 g/mol. The number of fused-ring (bicyclic) bond motifs is 1. The molecule has 2 heterocycles. The second-order valence-corrected chi connectivity index (χ2v) is 8.43. The van der Waals surface area contributed by atoms with Gasteiger partial charge in [0, 0.05) is 31.7 Å². The topological polar surface area (TPSA) is 56.4 Å². The molecule has 1 aliphatic heterocycles. The quantitative estimate of drug-likeness (QED) is 0.494. The molecule has 0 unspecified atom stereocenters. The zero-order valence-electron chi connectivity index (χ0n) is 18.4. The average molecular weight is 459 g/mol. The summed E-state index contributed by atoms with van der Waals surface area (Å²) >= 11 is 0. The first kappa shape index (κ1) is 22.0. The standard InChI is InChI=1S/C27H23F2N3O2/c28-21-9-5-18(6-10-21)25(19-7-11-22(29)12-8-19)31-13-15-32(16-14-31)27(34)23-17-20-3-1-2-4-24(20)30-26(23)33/h1-12,17,25H,13-16H2,(H,30,33). The number of benzene rings is 3. The van der Waals surface area contributed by atoms with Crippen LogP contribution in [0.2, 0.25) is 0 Å². The van der Waals surface area contributed by atoms with Crippen LogP contribution in [0.1, 0.15) is 27.5 Å². The van der Waals surface area contributed by atoms with Crippen molar-refractivity contribution in [1.29, 1.82) is 0 Å². The Bertz CT molecular complexity index is 1330. The third-order valence-corrected chi connectivity index (χ3v) is 6.32. The maximum Gasteiger partial charge on any atom is 0.261 e. The van der Waals surface area contributed by atoms with Crippen LogP contribution in [0, 0.1) is 11.6 Å². The lowest BCUT2D eigenvalue weighted by Gasteiger charge is -2.39. The third-order valence-electron chi connectivity index (χ3n) is 6.32. The first-order valence-corrected chi connectivity index (χ1v) is 11.2. The lowest BCUT2D eigenvalue weighted by Crippen LogP contribution is -2.50. The van der Waals surface area contributed by atoms with E-state index >= 15 is 0 Å². The minimum absolute atomic E-state index is 0.126. The summed E-state index contributed by atoms with van der Waals surface area (Å²) in [6.07, 6.45) is 0. The molecule has 1 aromatic heterocycles. The van der Waals surface area contributed by atoms with Gasteiger partial charge in [0.2, 0.25) is 0 Å². The number of aromatic nitrogens is 1. The van der Waals surface area contributed by atoms with Crippen LogP contribution in [0.3, 0.4) is 0 Å². The summed E-state index contributed by atoms with van der Waals surface area (Å²) in [5.74, 6) is -0.943. The molecule has 1 N–H and O–H groups in total. The van der Waals surface area contributed by atoms with Gasteiger partial charge in [0.25, 0.3) is 11.5 Å². The van der Waals surface area contributed by atoms with E-state index in [-0.39, 0.29) is 29.1 Å². The SMILES string of the molecule is O=C(c1cc2ccccc2[nH]c1=O)N1CCN(C(c2ccc(F)cc2)c2ccc(F)cc2)CC1. The van der Waals surface area contributed by atoms with E-state index in [0.29, 0.717) is 31.7 Å². The number of hydrogen-bond acceptors (Lipinski definition) is 3. The molecule has 0 spiro atoms. The Balaban J connectivity index is 1.37. The largest absolute Gasteiger partial charge is 0.336 e. The molecule has 34 heavy (non-hydrogen) atoms. The van der Waals surface area contributed by atoms with Gasteiger partial charge in [-0.25, -0.2) is 8.78 Å². The van der Waals surface area contributed by atoms with Crippen LogP contribution >= 0.6 is 0 Å². The highest BCUT2D eigenvalue weighted by atomic mass is 19.1. The molecule has 4 aromatic rings. The number of nitrogens with zero attached hydrogens (tertiary/aromatic N) is 2. The summed E-state index contributed by atoms with van der Waals surface area (Å²) in [6.45, 7) is 1.97. The first-order valence-electron chi connectivity index (χ1n) is 11.2. The summed E-state index contributed by atoms with van der Waals surface area (Å²) in [5.41, 5.74) is 2.19. The van der Waals surface area contributed by atoms with E-state index in [1.165, 1.54) is 24.3 Å². The van der Waals surface area contributed by atoms with Crippen molar-refractivity contribution in [2.24, 2.45) is 0 Å². The predicted molar refractivity (Wildman–Crippen MR) is 127 cm³/mol. The van der Waals surface area contributed by atoms with E-state index in [4.69, 9.17) is 0 Å². The summed E-state index contributed by atoms with van der Waals surface area (Å²) in [5, 5.41) is 0.803. The Labute approximate surface area is 195 Å². The Morgan fingerprint density at radius 2 is 1.35 bits per heavy atom. The van der Waals surface area contributed by atoms with Crippen molar-refractivity contribution < 1.29 is 13.6 Å². The lowest BCUT2D eigenvalue weighted by molar-refractivity contribution is 0.0595. The van der Waals surface area contributed by atoms with Gasteiger partial charge in [0.1, 0.15) is 17.2 Å². The van der Waals surface area contributed by atoms with Crippen LogP contribution in [-0.2, 0) is 0 Å². The van der Waals surface area contributed by atoms with Crippen LogP contribution in [0.25, 0.3) is 10.9 Å². The molecular weight excluding hydrogens is 436 g/mol. The number of pyridine rings is 1. The van der Waals surface area contributed by atoms with E-state index < -0.39 is 5.56 Å². The molecule has 5 nitrogen and oxygen atoms in total. The number of para-hydroxylation sites is 1. The maximum atomic E-state index is 13.5. The molecule has 1 aliphatic rings. The number of H-pyrrole nitrogens is 1. The number of halogens is 2. The number of carbonyl (C=O) groups is 1. The van der Waals surface area contributed by atoms with Crippen molar-refractivity contribution in [3.8, 4) is 0 Å². The van der Waals surface area contributed by atoms with Crippen LogP contribution in [0.5, 0.6) is 0 Å². The number of hydrogen-bond donors (Lipinski definition) is 1. The van der Waals surface area contributed by atoms with Gasteiger partial charge in [-0.2, -0.15) is 0 Å². The molecule has 1 amide bonds. The van der Waals surface area contributed by atoms with Crippen molar-refractivity contribution in [1.82, 2.24) is 14.8 Å². The van der Waals surface area contributed by atoms with Gasteiger partial charge in [0.15, 0.2) is 0 Å². The molecule has 0 aliphatic carbocycles. The molecule has 172 valence electrons. The van der Waals surface area contributed by atoms with Crippen LogP contribution < -0.4 is 5.56 Å². The van der Waals surface area contributed by atoms with Gasteiger partial charge < -0.3 is 9.88 Å². The fourth-order valence-electron chi connectivity index (χ4n) is 4.56. The Hall–Kier alpha value is -3.84. The number of rotatable bonds is 4. The van der Waals surface area contributed by atoms with Crippen LogP contribution in [-0.4, -0.2) is 46.9 Å². The van der Waals surface area contributed by atoms with E-state index in [9.17, 15) is 18.4 Å². The Kier molecular flexibility index (Phi) is 5.94. The summed E-state index contributed by atoms with van der Waals surface area (Å²) in [7, 11) is 0. The zero-order chi connectivity index (χ0) is 23.7. The molecule has 0 atom stereocenters. The van der Waals surface area contributed by atoms with Gasteiger partial charge in [-0.1, -0.05) is 42.5 Å². The van der Waals surface area contributed by atoms with E-state index in [1.54, 1.807) is 41.3 Å². The fourth-order valence-corrected chi connectivity index (χ4v) is 4.56. The highest BCUT2D eigenvalue weighted by molar-refractivity contribution is 5.97. The Morgan fingerprint density at radius 3 is 1.94 bits per heavy atom. The minimum Gasteiger partial charge on any atom is -0.336 e. The van der Waals surface area contributed by atoms with Gasteiger partial charge in [0.05, 0.1) is 6.04 Å². The normalized spacial score (nSPS) is 14.6. The lowest BCUT2D eigenvalue weighted by atomic mass is 9.96.